The largest absolute Gasteiger partial charge is 0.494 e. The van der Waals surface area contributed by atoms with Crippen molar-refractivity contribution in [1.29, 1.82) is 0 Å². The number of rotatable bonds is 8. The Morgan fingerprint density at radius 3 is 2.38 bits per heavy atom. The van der Waals surface area contributed by atoms with E-state index in [0.717, 1.165) is 30.2 Å². The van der Waals surface area contributed by atoms with E-state index < -0.39 is 10.0 Å². The zero-order valence-electron chi connectivity index (χ0n) is 19.5. The molecule has 0 atom stereocenters. The fourth-order valence-corrected chi connectivity index (χ4v) is 4.80. The number of nitrogens with zero attached hydrogens (tertiary/aromatic N) is 3. The Labute approximate surface area is 200 Å². The molecule has 2 aromatic carbocycles. The molecule has 2 N–H and O–H groups in total. The normalized spacial score (nSPS) is 14.0. The highest BCUT2D eigenvalue weighted by Gasteiger charge is 2.17. The Morgan fingerprint density at radius 2 is 1.71 bits per heavy atom. The van der Waals surface area contributed by atoms with E-state index in [1.165, 1.54) is 0 Å². The number of sulfonamides is 1. The number of hydrogen-bond donors (Lipinski definition) is 2. The van der Waals surface area contributed by atoms with Gasteiger partial charge in [-0.2, -0.15) is 0 Å². The van der Waals surface area contributed by atoms with Crippen molar-refractivity contribution < 1.29 is 17.9 Å². The third-order valence-corrected chi connectivity index (χ3v) is 6.70. The highest BCUT2D eigenvalue weighted by molar-refractivity contribution is 7.92. The van der Waals surface area contributed by atoms with Crippen molar-refractivity contribution in [3.8, 4) is 5.75 Å². The second kappa shape index (κ2) is 10.3. The second-order valence-electron chi connectivity index (χ2n) is 7.93. The van der Waals surface area contributed by atoms with Gasteiger partial charge < -0.3 is 19.7 Å². The lowest BCUT2D eigenvalue weighted by Gasteiger charge is -2.28. The topological polar surface area (TPSA) is 106 Å². The van der Waals surface area contributed by atoms with Crippen LogP contribution < -0.4 is 19.7 Å². The minimum Gasteiger partial charge on any atom is -0.494 e. The number of benzene rings is 2. The van der Waals surface area contributed by atoms with Gasteiger partial charge in [-0.1, -0.05) is 0 Å². The number of ether oxygens (including phenoxy) is 2. The predicted molar refractivity (Wildman–Crippen MR) is 133 cm³/mol. The van der Waals surface area contributed by atoms with Crippen molar-refractivity contribution >= 4 is 33.0 Å². The van der Waals surface area contributed by atoms with E-state index >= 15 is 0 Å². The van der Waals surface area contributed by atoms with Crippen molar-refractivity contribution in [3.63, 3.8) is 0 Å². The molecule has 4 rings (SSSR count). The van der Waals surface area contributed by atoms with Gasteiger partial charge in [0.25, 0.3) is 10.0 Å². The van der Waals surface area contributed by atoms with E-state index in [9.17, 15) is 8.42 Å². The summed E-state index contributed by atoms with van der Waals surface area (Å²) >= 11 is 0. The van der Waals surface area contributed by atoms with Crippen LogP contribution >= 0.6 is 0 Å². The Balaban J connectivity index is 1.45. The molecule has 9 nitrogen and oxygen atoms in total. The minimum absolute atomic E-state index is 0.183. The number of aromatic nitrogens is 2. The van der Waals surface area contributed by atoms with E-state index in [0.29, 0.717) is 42.9 Å². The van der Waals surface area contributed by atoms with Gasteiger partial charge in [0.15, 0.2) is 0 Å². The Kier molecular flexibility index (Phi) is 7.18. The van der Waals surface area contributed by atoms with Gasteiger partial charge in [-0.15, -0.1) is 0 Å². The summed E-state index contributed by atoms with van der Waals surface area (Å²) in [5.74, 6) is 2.87. The van der Waals surface area contributed by atoms with Gasteiger partial charge in [0.05, 0.1) is 24.7 Å². The summed E-state index contributed by atoms with van der Waals surface area (Å²) in [6, 6.07) is 13.7. The molecule has 0 unspecified atom stereocenters. The van der Waals surface area contributed by atoms with Gasteiger partial charge in [0.1, 0.15) is 23.2 Å². The van der Waals surface area contributed by atoms with E-state index in [1.807, 2.05) is 26.8 Å². The molecule has 1 fully saturated rings. The quantitative estimate of drug-likeness (QED) is 0.497. The van der Waals surface area contributed by atoms with Crippen LogP contribution in [0.5, 0.6) is 5.75 Å². The maximum absolute atomic E-state index is 12.8. The molecule has 0 spiro atoms. The maximum Gasteiger partial charge on any atom is 0.261 e. The molecule has 0 bridgehead atoms. The van der Waals surface area contributed by atoms with Crippen LogP contribution in [0.2, 0.25) is 0 Å². The zero-order chi connectivity index (χ0) is 24.1. The minimum atomic E-state index is -3.73. The molecule has 0 radical (unpaired) electrons. The SMILES string of the molecule is CCOc1ccc(S(=O)(=O)Nc2ccc(Nc3cc(N4CCOCC4)nc(C)n3)cc2)cc1C. The van der Waals surface area contributed by atoms with Gasteiger partial charge in [0.2, 0.25) is 0 Å². The molecule has 34 heavy (non-hydrogen) atoms. The number of nitrogens with one attached hydrogen (secondary N) is 2. The average molecular weight is 484 g/mol. The molecule has 1 aromatic heterocycles. The molecule has 1 aliphatic rings. The summed E-state index contributed by atoms with van der Waals surface area (Å²) in [4.78, 5) is 11.4. The van der Waals surface area contributed by atoms with E-state index in [4.69, 9.17) is 9.47 Å². The van der Waals surface area contributed by atoms with Crippen LogP contribution in [0.25, 0.3) is 0 Å². The molecular weight excluding hydrogens is 454 g/mol. The summed E-state index contributed by atoms with van der Waals surface area (Å²) in [6.45, 7) is 9.03. The van der Waals surface area contributed by atoms with Crippen molar-refractivity contribution in [3.05, 3.63) is 59.9 Å². The first kappa shape index (κ1) is 23.8. The van der Waals surface area contributed by atoms with Crippen LogP contribution in [-0.4, -0.2) is 51.3 Å². The highest BCUT2D eigenvalue weighted by atomic mass is 32.2. The van der Waals surface area contributed by atoms with Crippen molar-refractivity contribution in [1.82, 2.24) is 9.97 Å². The first-order valence-electron chi connectivity index (χ1n) is 11.2. The van der Waals surface area contributed by atoms with E-state index in [2.05, 4.69) is 24.9 Å². The third-order valence-electron chi connectivity index (χ3n) is 5.33. The first-order chi connectivity index (χ1) is 16.3. The molecule has 0 aliphatic carbocycles. The summed E-state index contributed by atoms with van der Waals surface area (Å²) in [7, 11) is -3.73. The molecule has 1 saturated heterocycles. The summed E-state index contributed by atoms with van der Waals surface area (Å²) in [5, 5.41) is 3.27. The fourth-order valence-electron chi connectivity index (χ4n) is 3.66. The lowest BCUT2D eigenvalue weighted by molar-refractivity contribution is 0.122. The molecule has 0 saturated carbocycles. The van der Waals surface area contributed by atoms with Gasteiger partial charge in [0, 0.05) is 30.5 Å². The van der Waals surface area contributed by atoms with E-state index in [-0.39, 0.29) is 4.90 Å². The van der Waals surface area contributed by atoms with Gasteiger partial charge in [-0.05, 0) is 68.8 Å². The smallest absolute Gasteiger partial charge is 0.261 e. The molecule has 10 heteroatoms. The molecule has 2 heterocycles. The van der Waals surface area contributed by atoms with Crippen LogP contribution in [0.15, 0.2) is 53.4 Å². The Morgan fingerprint density at radius 1 is 1.00 bits per heavy atom. The number of aryl methyl sites for hydroxylation is 2. The monoisotopic (exact) mass is 483 g/mol. The maximum atomic E-state index is 12.8. The predicted octanol–water partition coefficient (Wildman–Crippen LogP) is 3.87. The molecule has 0 amide bonds. The van der Waals surface area contributed by atoms with Crippen LogP contribution in [0.3, 0.4) is 0 Å². The highest BCUT2D eigenvalue weighted by Crippen LogP contribution is 2.25. The molecular formula is C24H29N5O4S. The number of morpholine rings is 1. The molecule has 180 valence electrons. The average Bonchev–Trinajstić information content (AvgIpc) is 2.82. The van der Waals surface area contributed by atoms with Gasteiger partial charge in [-0.3, -0.25) is 4.72 Å². The molecule has 1 aliphatic heterocycles. The lowest BCUT2D eigenvalue weighted by Crippen LogP contribution is -2.36. The first-order valence-corrected chi connectivity index (χ1v) is 12.6. The summed E-state index contributed by atoms with van der Waals surface area (Å²) in [5.41, 5.74) is 2.01. The van der Waals surface area contributed by atoms with Gasteiger partial charge in [-0.25, -0.2) is 18.4 Å². The summed E-state index contributed by atoms with van der Waals surface area (Å²) in [6.07, 6.45) is 0. The standard InChI is InChI=1S/C24H29N5O4S/c1-4-33-22-10-9-21(15-17(22)2)34(30,31)28-20-7-5-19(6-8-20)27-23-16-24(26-18(3)25-23)29-11-13-32-14-12-29/h5-10,15-16,28H,4,11-14H2,1-3H3,(H,25,26,27). The van der Waals surface area contributed by atoms with Crippen molar-refractivity contribution in [2.24, 2.45) is 0 Å². The van der Waals surface area contributed by atoms with Crippen molar-refractivity contribution in [2.75, 3.05) is 47.8 Å². The van der Waals surface area contributed by atoms with Crippen LogP contribution in [0, 0.1) is 13.8 Å². The Hall–Kier alpha value is -3.37. The Bertz CT molecular complexity index is 1240. The fraction of sp³-hybridized carbons (Fsp3) is 0.333. The number of anilines is 4. The third kappa shape index (κ3) is 5.75. The second-order valence-corrected chi connectivity index (χ2v) is 9.61. The number of hydrogen-bond acceptors (Lipinski definition) is 8. The van der Waals surface area contributed by atoms with Crippen LogP contribution in [0.1, 0.15) is 18.3 Å². The zero-order valence-corrected chi connectivity index (χ0v) is 20.4. The van der Waals surface area contributed by atoms with Crippen LogP contribution in [-0.2, 0) is 14.8 Å². The van der Waals surface area contributed by atoms with Gasteiger partial charge >= 0.3 is 0 Å². The van der Waals surface area contributed by atoms with Crippen molar-refractivity contribution in [2.45, 2.75) is 25.7 Å². The summed E-state index contributed by atoms with van der Waals surface area (Å²) < 4.78 is 39.2. The van der Waals surface area contributed by atoms with Crippen LogP contribution in [0.4, 0.5) is 23.0 Å². The lowest BCUT2D eigenvalue weighted by atomic mass is 10.2. The van der Waals surface area contributed by atoms with E-state index in [1.54, 1.807) is 42.5 Å². The molecule has 3 aromatic rings.